The zero-order valence-corrected chi connectivity index (χ0v) is 18.4. The number of nitrogens with two attached hydrogens (primary N) is 1. The van der Waals surface area contributed by atoms with Crippen molar-refractivity contribution in [3.8, 4) is 29.1 Å². The topological polar surface area (TPSA) is 104 Å². The van der Waals surface area contributed by atoms with Gasteiger partial charge >= 0.3 is 5.97 Å². The number of para-hydroxylation sites is 1. The van der Waals surface area contributed by atoms with Crippen molar-refractivity contribution in [1.82, 2.24) is 0 Å². The molecule has 8 heteroatoms. The van der Waals surface area contributed by atoms with Crippen molar-refractivity contribution in [1.29, 1.82) is 5.26 Å². The summed E-state index contributed by atoms with van der Waals surface area (Å²) in [6.45, 7) is 1.46. The number of carbonyl (C=O) groups is 1. The third-order valence-electron chi connectivity index (χ3n) is 5.33. The molecule has 2 atom stereocenters. The lowest BCUT2D eigenvalue weighted by atomic mass is 9.83. The lowest BCUT2D eigenvalue weighted by molar-refractivity contribution is -0.141. The van der Waals surface area contributed by atoms with Gasteiger partial charge in [-0.2, -0.15) is 5.26 Å². The summed E-state index contributed by atoms with van der Waals surface area (Å²) in [5.74, 6) is -0.620. The zero-order valence-electron chi connectivity index (χ0n) is 18.4. The van der Waals surface area contributed by atoms with Crippen LogP contribution in [0.25, 0.3) is 0 Å². The van der Waals surface area contributed by atoms with Crippen LogP contribution in [0.4, 0.5) is 4.39 Å². The van der Waals surface area contributed by atoms with E-state index in [1.807, 2.05) is 12.1 Å². The van der Waals surface area contributed by atoms with Gasteiger partial charge in [0.15, 0.2) is 17.7 Å². The van der Waals surface area contributed by atoms with Crippen LogP contribution in [0.15, 0.2) is 78.2 Å². The van der Waals surface area contributed by atoms with Gasteiger partial charge in [-0.1, -0.05) is 30.3 Å². The van der Waals surface area contributed by atoms with Gasteiger partial charge in [-0.05, 0) is 42.8 Å². The minimum atomic E-state index is -1.06. The fourth-order valence-electron chi connectivity index (χ4n) is 3.62. The normalized spacial score (nSPS) is 15.4. The van der Waals surface area contributed by atoms with E-state index in [1.165, 1.54) is 31.2 Å². The number of nitriles is 1. The second-order valence-corrected chi connectivity index (χ2v) is 7.51. The molecule has 0 saturated carbocycles. The summed E-state index contributed by atoms with van der Waals surface area (Å²) >= 11 is 0. The Kier molecular flexibility index (Phi) is 6.37. The second-order valence-electron chi connectivity index (χ2n) is 7.51. The smallest absolute Gasteiger partial charge is 0.352 e. The average Bonchev–Trinajstić information content (AvgIpc) is 2.84. The summed E-state index contributed by atoms with van der Waals surface area (Å²) < 4.78 is 35.5. The molecule has 0 bridgehead atoms. The van der Waals surface area contributed by atoms with E-state index in [1.54, 1.807) is 37.4 Å². The Labute approximate surface area is 195 Å². The molecule has 0 fully saturated rings. The zero-order chi connectivity index (χ0) is 24.2. The fourth-order valence-corrected chi connectivity index (χ4v) is 3.62. The van der Waals surface area contributed by atoms with Crippen LogP contribution < -0.4 is 24.7 Å². The van der Waals surface area contributed by atoms with E-state index in [-0.39, 0.29) is 23.0 Å². The van der Waals surface area contributed by atoms with Crippen molar-refractivity contribution in [2.24, 2.45) is 5.73 Å². The Morgan fingerprint density at radius 3 is 2.50 bits per heavy atom. The Hall–Kier alpha value is -4.51. The Morgan fingerprint density at radius 1 is 1.12 bits per heavy atom. The van der Waals surface area contributed by atoms with Gasteiger partial charge in [0.05, 0.1) is 13.0 Å². The Morgan fingerprint density at radius 2 is 1.82 bits per heavy atom. The maximum Gasteiger partial charge on any atom is 0.352 e. The Bertz CT molecular complexity index is 1300. The van der Waals surface area contributed by atoms with Gasteiger partial charge in [0.1, 0.15) is 28.9 Å². The van der Waals surface area contributed by atoms with E-state index in [2.05, 4.69) is 6.07 Å². The highest BCUT2D eigenvalue weighted by atomic mass is 19.1. The predicted octanol–water partition coefficient (Wildman–Crippen LogP) is 4.43. The van der Waals surface area contributed by atoms with Gasteiger partial charge in [-0.15, -0.1) is 0 Å². The first-order valence-corrected chi connectivity index (χ1v) is 10.4. The van der Waals surface area contributed by atoms with Crippen LogP contribution in [-0.2, 0) is 4.79 Å². The molecule has 0 saturated heterocycles. The summed E-state index contributed by atoms with van der Waals surface area (Å²) in [4.78, 5) is 12.5. The van der Waals surface area contributed by atoms with E-state index in [9.17, 15) is 14.4 Å². The number of allylic oxidation sites excluding steroid dienone is 1. The molecule has 172 valence electrons. The van der Waals surface area contributed by atoms with Gasteiger partial charge in [0, 0.05) is 11.6 Å². The molecule has 2 N–H and O–H groups in total. The lowest BCUT2D eigenvalue weighted by Crippen LogP contribution is -2.29. The molecular formula is C26H21FN2O5. The molecule has 4 rings (SSSR count). The molecular weight excluding hydrogens is 439 g/mol. The number of esters is 1. The molecule has 3 aromatic carbocycles. The van der Waals surface area contributed by atoms with Crippen LogP contribution >= 0.6 is 0 Å². The quantitative estimate of drug-likeness (QED) is 0.429. The second kappa shape index (κ2) is 9.55. The Balaban J connectivity index is 1.58. The van der Waals surface area contributed by atoms with Crippen molar-refractivity contribution in [2.45, 2.75) is 18.9 Å². The number of carbonyl (C=O) groups excluding carboxylic acids is 1. The number of hydrogen-bond donors (Lipinski definition) is 1. The van der Waals surface area contributed by atoms with Crippen LogP contribution in [0.1, 0.15) is 24.0 Å². The van der Waals surface area contributed by atoms with Gasteiger partial charge in [0.2, 0.25) is 5.88 Å². The van der Waals surface area contributed by atoms with E-state index < -0.39 is 23.8 Å². The summed E-state index contributed by atoms with van der Waals surface area (Å²) in [7, 11) is 1.57. The van der Waals surface area contributed by atoms with Crippen molar-refractivity contribution in [3.05, 3.63) is 95.1 Å². The van der Waals surface area contributed by atoms with E-state index in [0.717, 1.165) is 5.56 Å². The predicted molar refractivity (Wildman–Crippen MR) is 121 cm³/mol. The minimum absolute atomic E-state index is 0.0319. The first-order chi connectivity index (χ1) is 16.4. The molecule has 1 aliphatic heterocycles. The SMILES string of the molecule is COc1ccc(C2C(C#N)=C(N)Oc3cc(OC(=O)C(C)Oc4ccccc4F)ccc32)cc1. The highest BCUT2D eigenvalue weighted by molar-refractivity contribution is 5.77. The third-order valence-corrected chi connectivity index (χ3v) is 5.33. The molecule has 34 heavy (non-hydrogen) atoms. The average molecular weight is 460 g/mol. The molecule has 0 spiro atoms. The number of benzene rings is 3. The number of halogens is 1. The number of nitrogens with zero attached hydrogens (tertiary/aromatic N) is 1. The molecule has 1 aliphatic rings. The van der Waals surface area contributed by atoms with Crippen LogP contribution in [0.3, 0.4) is 0 Å². The summed E-state index contributed by atoms with van der Waals surface area (Å²) in [5, 5.41) is 9.69. The summed E-state index contributed by atoms with van der Waals surface area (Å²) in [6.07, 6.45) is -1.06. The van der Waals surface area contributed by atoms with E-state index in [4.69, 9.17) is 24.7 Å². The monoisotopic (exact) mass is 460 g/mol. The number of hydrogen-bond acceptors (Lipinski definition) is 7. The van der Waals surface area contributed by atoms with Gasteiger partial charge < -0.3 is 24.7 Å². The van der Waals surface area contributed by atoms with Crippen molar-refractivity contribution in [2.75, 3.05) is 7.11 Å². The molecule has 0 aromatic heterocycles. The molecule has 3 aromatic rings. The first-order valence-electron chi connectivity index (χ1n) is 10.4. The standard InChI is InChI=1S/C26H21FN2O5/c1-15(32-22-6-4-3-5-21(22)27)26(30)33-18-11-12-19-23(13-18)34-25(29)20(14-28)24(19)16-7-9-17(31-2)10-8-16/h3-13,15,24H,29H2,1-2H3. The number of fused-ring (bicyclic) bond motifs is 1. The van der Waals surface area contributed by atoms with Gasteiger partial charge in [-0.3, -0.25) is 0 Å². The summed E-state index contributed by atoms with van der Waals surface area (Å²) in [6, 6.07) is 20.0. The first kappa shape index (κ1) is 22.7. The van der Waals surface area contributed by atoms with Crippen molar-refractivity contribution in [3.63, 3.8) is 0 Å². The lowest BCUT2D eigenvalue weighted by Gasteiger charge is -2.27. The minimum Gasteiger partial charge on any atom is -0.497 e. The van der Waals surface area contributed by atoms with Gasteiger partial charge in [0.25, 0.3) is 0 Å². The highest BCUT2D eigenvalue weighted by Gasteiger charge is 2.31. The molecule has 0 aliphatic carbocycles. The largest absolute Gasteiger partial charge is 0.497 e. The molecule has 2 unspecified atom stereocenters. The molecule has 7 nitrogen and oxygen atoms in total. The molecule has 0 amide bonds. The molecule has 0 radical (unpaired) electrons. The third kappa shape index (κ3) is 4.50. The van der Waals surface area contributed by atoms with Crippen LogP contribution in [0, 0.1) is 17.1 Å². The van der Waals surface area contributed by atoms with Gasteiger partial charge in [-0.25, -0.2) is 9.18 Å². The number of rotatable bonds is 6. The highest BCUT2D eigenvalue weighted by Crippen LogP contribution is 2.43. The van der Waals surface area contributed by atoms with E-state index in [0.29, 0.717) is 17.1 Å². The van der Waals surface area contributed by atoms with Crippen LogP contribution in [-0.4, -0.2) is 19.2 Å². The number of methoxy groups -OCH3 is 1. The van der Waals surface area contributed by atoms with Crippen molar-refractivity contribution >= 4 is 5.97 Å². The molecule has 1 heterocycles. The van der Waals surface area contributed by atoms with E-state index >= 15 is 0 Å². The fraction of sp³-hybridized carbons (Fsp3) is 0.154. The number of ether oxygens (including phenoxy) is 4. The maximum atomic E-state index is 13.8. The summed E-state index contributed by atoms with van der Waals surface area (Å²) in [5.41, 5.74) is 7.81. The van der Waals surface area contributed by atoms with Crippen LogP contribution in [0.2, 0.25) is 0 Å². The van der Waals surface area contributed by atoms with Crippen LogP contribution in [0.5, 0.6) is 23.0 Å². The van der Waals surface area contributed by atoms with Crippen molar-refractivity contribution < 1.29 is 28.1 Å². The maximum absolute atomic E-state index is 13.8.